The molecule has 0 spiro atoms. The average molecular weight is 268 g/mol. The largest absolute Gasteiger partial charge is 0.345 e. The van der Waals surface area contributed by atoms with Crippen LogP contribution in [0, 0.1) is 0 Å². The topological polar surface area (TPSA) is 62.5 Å². The zero-order chi connectivity index (χ0) is 13.0. The van der Waals surface area contributed by atoms with Gasteiger partial charge in [0.1, 0.15) is 0 Å². The Bertz CT molecular complexity index is 399. The van der Waals surface area contributed by atoms with Gasteiger partial charge in [-0.05, 0) is 6.42 Å². The van der Waals surface area contributed by atoms with Crippen LogP contribution in [0.4, 0.5) is 5.13 Å². The molecule has 1 saturated heterocycles. The molecule has 0 saturated carbocycles. The molecule has 1 aromatic rings. The van der Waals surface area contributed by atoms with Gasteiger partial charge in [0.05, 0.1) is 0 Å². The number of rotatable bonds is 4. The molecule has 0 unspecified atom stereocenters. The number of thiazole rings is 1. The van der Waals surface area contributed by atoms with Gasteiger partial charge in [-0.25, -0.2) is 4.98 Å². The fourth-order valence-corrected chi connectivity index (χ4v) is 2.94. The van der Waals surface area contributed by atoms with E-state index in [0.717, 1.165) is 37.7 Å². The SMILES string of the molecule is CCc1cnc(N2CCN(C(=O)CCN)CC2)s1. The molecule has 0 atom stereocenters. The van der Waals surface area contributed by atoms with Crippen molar-refractivity contribution in [1.29, 1.82) is 0 Å². The molecule has 0 radical (unpaired) electrons. The number of nitrogens with two attached hydrogens (primary N) is 1. The molecular formula is C12H20N4OS. The Hall–Kier alpha value is -1.14. The lowest BCUT2D eigenvalue weighted by Crippen LogP contribution is -2.49. The summed E-state index contributed by atoms with van der Waals surface area (Å²) in [5.41, 5.74) is 5.41. The van der Waals surface area contributed by atoms with Crippen LogP contribution in [0.1, 0.15) is 18.2 Å². The molecule has 1 aliphatic rings. The number of amides is 1. The fourth-order valence-electron chi connectivity index (χ4n) is 2.04. The highest BCUT2D eigenvalue weighted by Gasteiger charge is 2.22. The Morgan fingerprint density at radius 3 is 2.72 bits per heavy atom. The predicted octanol–water partition coefficient (Wildman–Crippen LogP) is 0.703. The lowest BCUT2D eigenvalue weighted by atomic mass is 10.3. The standard InChI is InChI=1S/C12H20N4OS/c1-2-10-9-14-12(18-10)16-7-5-15(6-8-16)11(17)3-4-13/h9H,2-8,13H2,1H3. The number of nitrogens with zero attached hydrogens (tertiary/aromatic N) is 3. The third-order valence-corrected chi connectivity index (χ3v) is 4.35. The van der Waals surface area contributed by atoms with Crippen molar-refractivity contribution in [1.82, 2.24) is 9.88 Å². The maximum Gasteiger partial charge on any atom is 0.223 e. The second-order valence-corrected chi connectivity index (χ2v) is 5.46. The highest BCUT2D eigenvalue weighted by Crippen LogP contribution is 2.23. The Morgan fingerprint density at radius 1 is 1.44 bits per heavy atom. The molecular weight excluding hydrogens is 248 g/mol. The van der Waals surface area contributed by atoms with Crippen molar-refractivity contribution in [2.75, 3.05) is 37.6 Å². The summed E-state index contributed by atoms with van der Waals surface area (Å²) in [5.74, 6) is 0.172. The lowest BCUT2D eigenvalue weighted by Gasteiger charge is -2.34. The van der Waals surface area contributed by atoms with E-state index in [2.05, 4.69) is 16.8 Å². The quantitative estimate of drug-likeness (QED) is 0.873. The summed E-state index contributed by atoms with van der Waals surface area (Å²) < 4.78 is 0. The Balaban J connectivity index is 1.88. The van der Waals surface area contributed by atoms with Crippen LogP contribution in [-0.4, -0.2) is 48.5 Å². The minimum atomic E-state index is 0.172. The van der Waals surface area contributed by atoms with Crippen LogP contribution in [-0.2, 0) is 11.2 Å². The number of carbonyl (C=O) groups excluding carboxylic acids is 1. The second-order valence-electron chi connectivity index (χ2n) is 4.37. The van der Waals surface area contributed by atoms with Crippen LogP contribution in [0.3, 0.4) is 0 Å². The molecule has 2 N–H and O–H groups in total. The monoisotopic (exact) mass is 268 g/mol. The van der Waals surface area contributed by atoms with E-state index in [1.807, 2.05) is 11.1 Å². The molecule has 1 amide bonds. The van der Waals surface area contributed by atoms with E-state index in [0.29, 0.717) is 13.0 Å². The molecule has 5 nitrogen and oxygen atoms in total. The number of piperazine rings is 1. The van der Waals surface area contributed by atoms with Crippen LogP contribution in [0.15, 0.2) is 6.20 Å². The van der Waals surface area contributed by atoms with Crippen molar-refractivity contribution in [2.45, 2.75) is 19.8 Å². The van der Waals surface area contributed by atoms with Gasteiger partial charge in [-0.15, -0.1) is 11.3 Å². The number of carbonyl (C=O) groups is 1. The second kappa shape index (κ2) is 6.15. The summed E-state index contributed by atoms with van der Waals surface area (Å²) in [6.45, 7) is 5.87. The highest BCUT2D eigenvalue weighted by atomic mass is 32.1. The van der Waals surface area contributed by atoms with Crippen LogP contribution in [0.25, 0.3) is 0 Å². The maximum absolute atomic E-state index is 11.7. The van der Waals surface area contributed by atoms with Crippen molar-refractivity contribution in [3.05, 3.63) is 11.1 Å². The van der Waals surface area contributed by atoms with Crippen LogP contribution < -0.4 is 10.6 Å². The zero-order valence-electron chi connectivity index (χ0n) is 10.8. The van der Waals surface area contributed by atoms with E-state index in [1.54, 1.807) is 11.3 Å². The lowest BCUT2D eigenvalue weighted by molar-refractivity contribution is -0.131. The molecule has 0 bridgehead atoms. The molecule has 1 aliphatic heterocycles. The molecule has 6 heteroatoms. The van der Waals surface area contributed by atoms with Gasteiger partial charge < -0.3 is 15.5 Å². The van der Waals surface area contributed by atoms with Crippen LogP contribution in [0.2, 0.25) is 0 Å². The Morgan fingerprint density at radius 2 is 2.17 bits per heavy atom. The molecule has 18 heavy (non-hydrogen) atoms. The molecule has 1 aromatic heterocycles. The highest BCUT2D eigenvalue weighted by molar-refractivity contribution is 7.15. The van der Waals surface area contributed by atoms with Crippen molar-refractivity contribution in [2.24, 2.45) is 5.73 Å². The minimum Gasteiger partial charge on any atom is -0.345 e. The summed E-state index contributed by atoms with van der Waals surface area (Å²) >= 11 is 1.75. The molecule has 0 aliphatic carbocycles. The van der Waals surface area contributed by atoms with Gasteiger partial charge in [0.25, 0.3) is 0 Å². The zero-order valence-corrected chi connectivity index (χ0v) is 11.6. The first-order chi connectivity index (χ1) is 8.74. The van der Waals surface area contributed by atoms with Gasteiger partial charge >= 0.3 is 0 Å². The summed E-state index contributed by atoms with van der Waals surface area (Å²) in [4.78, 5) is 21.6. The van der Waals surface area contributed by atoms with Crippen molar-refractivity contribution in [3.63, 3.8) is 0 Å². The molecule has 2 heterocycles. The molecule has 1 fully saturated rings. The number of aryl methyl sites for hydroxylation is 1. The van der Waals surface area contributed by atoms with Gasteiger partial charge in [-0.3, -0.25) is 4.79 Å². The van der Waals surface area contributed by atoms with Crippen molar-refractivity contribution < 1.29 is 4.79 Å². The Labute approximate surface area is 112 Å². The van der Waals surface area contributed by atoms with E-state index in [9.17, 15) is 4.79 Å². The van der Waals surface area contributed by atoms with Gasteiger partial charge in [0.15, 0.2) is 5.13 Å². The van der Waals surface area contributed by atoms with E-state index in [4.69, 9.17) is 5.73 Å². The van der Waals surface area contributed by atoms with Crippen LogP contribution >= 0.6 is 11.3 Å². The average Bonchev–Trinajstić information content (AvgIpc) is 2.88. The third kappa shape index (κ3) is 3.00. The smallest absolute Gasteiger partial charge is 0.223 e. The fraction of sp³-hybridized carbons (Fsp3) is 0.667. The molecule has 2 rings (SSSR count). The first-order valence-electron chi connectivity index (χ1n) is 6.42. The molecule has 0 aromatic carbocycles. The maximum atomic E-state index is 11.7. The normalized spacial score (nSPS) is 16.1. The number of hydrogen-bond acceptors (Lipinski definition) is 5. The van der Waals surface area contributed by atoms with Gasteiger partial charge in [0, 0.05) is 50.2 Å². The number of anilines is 1. The van der Waals surface area contributed by atoms with E-state index < -0.39 is 0 Å². The number of aromatic nitrogens is 1. The van der Waals surface area contributed by atoms with Crippen LogP contribution in [0.5, 0.6) is 0 Å². The van der Waals surface area contributed by atoms with Crippen molar-refractivity contribution in [3.8, 4) is 0 Å². The Kier molecular flexibility index (Phi) is 4.54. The summed E-state index contributed by atoms with van der Waals surface area (Å²) in [5, 5.41) is 1.08. The van der Waals surface area contributed by atoms with E-state index in [1.165, 1.54) is 4.88 Å². The van der Waals surface area contributed by atoms with E-state index >= 15 is 0 Å². The van der Waals surface area contributed by atoms with Gasteiger partial charge in [-0.1, -0.05) is 6.92 Å². The summed E-state index contributed by atoms with van der Waals surface area (Å²) in [6, 6.07) is 0. The van der Waals surface area contributed by atoms with Gasteiger partial charge in [0.2, 0.25) is 5.91 Å². The van der Waals surface area contributed by atoms with Crippen molar-refractivity contribution >= 4 is 22.4 Å². The minimum absolute atomic E-state index is 0.172. The first kappa shape index (κ1) is 13.3. The summed E-state index contributed by atoms with van der Waals surface area (Å²) in [6.07, 6.45) is 3.44. The first-order valence-corrected chi connectivity index (χ1v) is 7.23. The number of hydrogen-bond donors (Lipinski definition) is 1. The molecule has 100 valence electrons. The summed E-state index contributed by atoms with van der Waals surface area (Å²) in [7, 11) is 0. The van der Waals surface area contributed by atoms with Gasteiger partial charge in [-0.2, -0.15) is 0 Å². The predicted molar refractivity (Wildman–Crippen MR) is 74.0 cm³/mol. The van der Waals surface area contributed by atoms with E-state index in [-0.39, 0.29) is 5.91 Å². The third-order valence-electron chi connectivity index (χ3n) is 3.15.